The van der Waals surface area contributed by atoms with Crippen LogP contribution in [0.15, 0.2) is 48.5 Å². The van der Waals surface area contributed by atoms with Gasteiger partial charge in [-0.05, 0) is 22.6 Å². The second-order valence-electron chi connectivity index (χ2n) is 7.53. The van der Waals surface area contributed by atoms with Crippen molar-refractivity contribution in [2.24, 2.45) is 5.41 Å². The summed E-state index contributed by atoms with van der Waals surface area (Å²) in [5.41, 5.74) is 1.65. The van der Waals surface area contributed by atoms with Crippen molar-refractivity contribution in [1.29, 1.82) is 0 Å². The Morgan fingerprint density at radius 1 is 1.21 bits per heavy atom. The van der Waals surface area contributed by atoms with E-state index in [9.17, 15) is 14.9 Å². The number of rotatable bonds is 8. The van der Waals surface area contributed by atoms with Crippen LogP contribution >= 0.6 is 11.8 Å². The van der Waals surface area contributed by atoms with Crippen LogP contribution in [0.1, 0.15) is 37.9 Å². The van der Waals surface area contributed by atoms with E-state index >= 15 is 0 Å². The highest BCUT2D eigenvalue weighted by atomic mass is 32.2. The lowest BCUT2D eigenvalue weighted by atomic mass is 9.82. The monoisotopic (exact) mass is 402 g/mol. The van der Waals surface area contributed by atoms with Crippen LogP contribution in [0.4, 0.5) is 5.69 Å². The van der Waals surface area contributed by atoms with Gasteiger partial charge in [0.2, 0.25) is 5.91 Å². The summed E-state index contributed by atoms with van der Waals surface area (Å²) in [6.07, 6.45) is 0. The number of carbonyl (C=O) groups is 1. The number of nitrogens with zero attached hydrogens (tertiary/aromatic N) is 1. The predicted octanol–water partition coefficient (Wildman–Crippen LogP) is 4.74. The molecule has 0 saturated heterocycles. The van der Waals surface area contributed by atoms with E-state index in [1.54, 1.807) is 12.1 Å². The van der Waals surface area contributed by atoms with Crippen LogP contribution in [0, 0.1) is 15.5 Å². The van der Waals surface area contributed by atoms with E-state index in [1.807, 2.05) is 30.3 Å². The van der Waals surface area contributed by atoms with E-state index in [2.05, 4.69) is 26.1 Å². The van der Waals surface area contributed by atoms with Crippen molar-refractivity contribution in [3.05, 3.63) is 69.8 Å². The first-order valence-electron chi connectivity index (χ1n) is 8.95. The van der Waals surface area contributed by atoms with Crippen LogP contribution < -0.4 is 10.1 Å². The summed E-state index contributed by atoms with van der Waals surface area (Å²) < 4.78 is 5.01. The standard InChI is InChI=1S/C21H26N2O4S/c1-21(2,3)20(16-8-6-5-7-9-16)22-19(24)14-28-13-15-10-11-18(27-4)17(12-15)23(25)26/h5-12,20H,13-14H2,1-4H3,(H,22,24). The zero-order chi connectivity index (χ0) is 20.7. The summed E-state index contributed by atoms with van der Waals surface area (Å²) in [7, 11) is 1.40. The average molecular weight is 403 g/mol. The molecule has 2 aromatic carbocycles. The predicted molar refractivity (Wildman–Crippen MR) is 113 cm³/mol. The molecule has 2 aromatic rings. The zero-order valence-corrected chi connectivity index (χ0v) is 17.4. The van der Waals surface area contributed by atoms with Gasteiger partial charge >= 0.3 is 5.69 Å². The molecule has 1 amide bonds. The molecule has 28 heavy (non-hydrogen) atoms. The molecule has 0 fully saturated rings. The number of nitro benzene ring substituents is 1. The maximum Gasteiger partial charge on any atom is 0.311 e. The number of hydrogen-bond acceptors (Lipinski definition) is 5. The third kappa shape index (κ3) is 5.99. The first kappa shape index (κ1) is 21.8. The smallest absolute Gasteiger partial charge is 0.311 e. The first-order valence-corrected chi connectivity index (χ1v) is 10.1. The SMILES string of the molecule is COc1ccc(CSCC(=O)NC(c2ccccc2)C(C)(C)C)cc1[N+](=O)[O-]. The zero-order valence-electron chi connectivity index (χ0n) is 16.6. The molecule has 0 aliphatic carbocycles. The highest BCUT2D eigenvalue weighted by molar-refractivity contribution is 7.99. The van der Waals surface area contributed by atoms with Gasteiger partial charge in [-0.3, -0.25) is 14.9 Å². The molecule has 7 heteroatoms. The van der Waals surface area contributed by atoms with Gasteiger partial charge in [0.1, 0.15) is 0 Å². The van der Waals surface area contributed by atoms with Gasteiger partial charge in [-0.15, -0.1) is 11.8 Å². The van der Waals surface area contributed by atoms with Crippen LogP contribution in [-0.2, 0) is 10.5 Å². The van der Waals surface area contributed by atoms with Crippen molar-refractivity contribution in [2.75, 3.05) is 12.9 Å². The van der Waals surface area contributed by atoms with E-state index in [0.29, 0.717) is 5.75 Å². The van der Waals surface area contributed by atoms with E-state index in [4.69, 9.17) is 4.74 Å². The Hall–Kier alpha value is -2.54. The maximum atomic E-state index is 12.5. The Bertz CT molecular complexity index is 819. The molecule has 0 spiro atoms. The number of thioether (sulfide) groups is 1. The van der Waals surface area contributed by atoms with Gasteiger partial charge in [-0.2, -0.15) is 0 Å². The molecule has 0 aliphatic heterocycles. The number of ether oxygens (including phenoxy) is 1. The van der Waals surface area contributed by atoms with Crippen molar-refractivity contribution in [3.8, 4) is 5.75 Å². The third-order valence-corrected chi connectivity index (χ3v) is 5.25. The van der Waals surface area contributed by atoms with Crippen molar-refractivity contribution in [2.45, 2.75) is 32.6 Å². The quantitative estimate of drug-likeness (QED) is 0.509. The van der Waals surface area contributed by atoms with E-state index < -0.39 is 4.92 Å². The Morgan fingerprint density at radius 3 is 2.46 bits per heavy atom. The van der Waals surface area contributed by atoms with Gasteiger partial charge in [0.25, 0.3) is 0 Å². The van der Waals surface area contributed by atoms with Crippen molar-refractivity contribution in [1.82, 2.24) is 5.32 Å². The fourth-order valence-corrected chi connectivity index (χ4v) is 3.66. The van der Waals surface area contributed by atoms with Crippen molar-refractivity contribution < 1.29 is 14.5 Å². The number of nitro groups is 1. The Balaban J connectivity index is 1.96. The summed E-state index contributed by atoms with van der Waals surface area (Å²) in [5, 5.41) is 14.2. The van der Waals surface area contributed by atoms with Crippen LogP contribution in [0.5, 0.6) is 5.75 Å². The summed E-state index contributed by atoms with van der Waals surface area (Å²) >= 11 is 1.42. The molecule has 0 saturated carbocycles. The number of methoxy groups -OCH3 is 1. The summed E-state index contributed by atoms with van der Waals surface area (Å²) in [5.74, 6) is 0.951. The van der Waals surface area contributed by atoms with Gasteiger partial charge in [0.05, 0.1) is 23.8 Å². The van der Waals surface area contributed by atoms with Crippen molar-refractivity contribution >= 4 is 23.4 Å². The topological polar surface area (TPSA) is 81.5 Å². The molecule has 2 rings (SSSR count). The van der Waals surface area contributed by atoms with Gasteiger partial charge < -0.3 is 10.1 Å². The minimum absolute atomic E-state index is 0.0585. The second kappa shape index (κ2) is 9.59. The summed E-state index contributed by atoms with van der Waals surface area (Å²) in [6, 6.07) is 14.7. The third-order valence-electron chi connectivity index (χ3n) is 4.25. The molecule has 6 nitrogen and oxygen atoms in total. The fourth-order valence-electron chi connectivity index (χ4n) is 2.88. The van der Waals surface area contributed by atoms with Crippen LogP contribution in [0.25, 0.3) is 0 Å². The summed E-state index contributed by atoms with van der Waals surface area (Å²) in [6.45, 7) is 6.28. The normalized spacial score (nSPS) is 12.3. The largest absolute Gasteiger partial charge is 0.490 e. The maximum absolute atomic E-state index is 12.5. The number of amides is 1. The van der Waals surface area contributed by atoms with Gasteiger partial charge in [-0.1, -0.05) is 57.2 Å². The molecule has 150 valence electrons. The molecular formula is C21H26N2O4S. The molecule has 0 heterocycles. The van der Waals surface area contributed by atoms with E-state index in [0.717, 1.165) is 11.1 Å². The Morgan fingerprint density at radius 2 is 1.89 bits per heavy atom. The van der Waals surface area contributed by atoms with Crippen molar-refractivity contribution in [3.63, 3.8) is 0 Å². The fraction of sp³-hybridized carbons (Fsp3) is 0.381. The van der Waals surface area contributed by atoms with Gasteiger partial charge in [0, 0.05) is 11.8 Å². The van der Waals surface area contributed by atoms with Crippen LogP contribution in [0.3, 0.4) is 0 Å². The Labute approximate surface area is 169 Å². The molecule has 1 atom stereocenters. The number of hydrogen-bond donors (Lipinski definition) is 1. The Kier molecular flexibility index (Phi) is 7.45. The molecular weight excluding hydrogens is 376 g/mol. The van der Waals surface area contributed by atoms with Gasteiger partial charge in [0.15, 0.2) is 5.75 Å². The molecule has 1 N–H and O–H groups in total. The number of benzene rings is 2. The number of nitrogens with one attached hydrogen (secondary N) is 1. The molecule has 0 aliphatic rings. The minimum Gasteiger partial charge on any atom is -0.490 e. The lowest BCUT2D eigenvalue weighted by Crippen LogP contribution is -2.37. The highest BCUT2D eigenvalue weighted by Gasteiger charge is 2.27. The average Bonchev–Trinajstić information content (AvgIpc) is 2.65. The van der Waals surface area contributed by atoms with Crippen LogP contribution in [0.2, 0.25) is 0 Å². The second-order valence-corrected chi connectivity index (χ2v) is 8.52. The lowest BCUT2D eigenvalue weighted by Gasteiger charge is -2.32. The minimum atomic E-state index is -0.465. The highest BCUT2D eigenvalue weighted by Crippen LogP contribution is 2.33. The molecule has 0 aromatic heterocycles. The molecule has 1 unspecified atom stereocenters. The van der Waals surface area contributed by atoms with E-state index in [-0.39, 0.29) is 34.6 Å². The summed E-state index contributed by atoms with van der Waals surface area (Å²) in [4.78, 5) is 23.1. The molecule has 0 bridgehead atoms. The van der Waals surface area contributed by atoms with E-state index in [1.165, 1.54) is 24.9 Å². The van der Waals surface area contributed by atoms with Crippen LogP contribution in [-0.4, -0.2) is 23.7 Å². The van der Waals surface area contributed by atoms with Gasteiger partial charge in [-0.25, -0.2) is 0 Å². The number of carbonyl (C=O) groups excluding carboxylic acids is 1. The first-order chi connectivity index (χ1) is 13.2. The lowest BCUT2D eigenvalue weighted by molar-refractivity contribution is -0.385. The molecule has 0 radical (unpaired) electrons.